The van der Waals surface area contributed by atoms with E-state index in [1.54, 1.807) is 144 Å². The van der Waals surface area contributed by atoms with Crippen LogP contribution < -0.4 is 16.0 Å². The number of amides is 3. The molecular formula is C55H35Cl4N3O12S3. The first kappa shape index (κ1) is 55.0. The lowest BCUT2D eigenvalue weighted by Gasteiger charge is -2.05. The van der Waals surface area contributed by atoms with Crippen molar-refractivity contribution in [2.24, 2.45) is 0 Å². The lowest BCUT2D eigenvalue weighted by Crippen LogP contribution is -2.12. The van der Waals surface area contributed by atoms with Gasteiger partial charge in [-0.05, 0) is 121 Å². The van der Waals surface area contributed by atoms with Gasteiger partial charge in [-0.25, -0.2) is 14.4 Å². The van der Waals surface area contributed by atoms with Gasteiger partial charge in [-0.1, -0.05) is 82.8 Å². The zero-order valence-corrected chi connectivity index (χ0v) is 44.7. The number of carbonyl (C=O) groups is 6. The fraction of sp³-hybridized carbons (Fsp3) is 0.0182. The van der Waals surface area contributed by atoms with Crippen LogP contribution in [0.1, 0.15) is 68.5 Å². The highest BCUT2D eigenvalue weighted by Crippen LogP contribution is 2.39. The van der Waals surface area contributed by atoms with Crippen molar-refractivity contribution < 1.29 is 57.3 Å². The van der Waals surface area contributed by atoms with E-state index in [4.69, 9.17) is 59.7 Å². The predicted octanol–water partition coefficient (Wildman–Crippen LogP) is 16.5. The molecular weight excluding hydrogens is 1130 g/mol. The molecule has 0 saturated heterocycles. The van der Waals surface area contributed by atoms with E-state index in [0.717, 1.165) is 39.6 Å². The summed E-state index contributed by atoms with van der Waals surface area (Å²) >= 11 is 26.9. The van der Waals surface area contributed by atoms with Gasteiger partial charge in [0, 0.05) is 58.5 Å². The SMILES string of the molecule is Cc1ccc(C(=O)Nc2scc(-c3ccc(Cl)cc3)c2C(=O)O)o1.O=C(Nc1scc(-c2ccc(Cl)cc2)c1C(=O)O)c1ccc(-c2ccc(Cl)cc2)o1.O=C(Nc1scc(-c2ccc(Cl)cc2)c1C(=O)O)c1ccco1. The van der Waals surface area contributed by atoms with E-state index in [1.165, 1.54) is 18.4 Å². The molecule has 22 heteroatoms. The van der Waals surface area contributed by atoms with Crippen molar-refractivity contribution in [1.29, 1.82) is 0 Å². The Balaban J connectivity index is 0.000000155. The minimum atomic E-state index is -1.14. The molecule has 10 aromatic rings. The molecule has 0 unspecified atom stereocenters. The third kappa shape index (κ3) is 13.4. The number of aromatic carboxylic acids is 3. The van der Waals surface area contributed by atoms with E-state index < -0.39 is 35.6 Å². The molecule has 77 heavy (non-hydrogen) atoms. The maximum atomic E-state index is 12.6. The Morgan fingerprint density at radius 1 is 0.416 bits per heavy atom. The minimum absolute atomic E-state index is 0.0140. The maximum absolute atomic E-state index is 12.6. The van der Waals surface area contributed by atoms with Gasteiger partial charge in [0.05, 0.1) is 6.26 Å². The highest BCUT2D eigenvalue weighted by molar-refractivity contribution is 7.16. The monoisotopic (exact) mass is 1170 g/mol. The summed E-state index contributed by atoms with van der Waals surface area (Å²) in [4.78, 5) is 72.0. The van der Waals surface area contributed by atoms with Crippen molar-refractivity contribution in [1.82, 2.24) is 0 Å². The quantitative estimate of drug-likeness (QED) is 0.0632. The topological polar surface area (TPSA) is 239 Å². The molecule has 10 rings (SSSR count). The van der Waals surface area contributed by atoms with Gasteiger partial charge < -0.3 is 44.5 Å². The molecule has 6 aromatic heterocycles. The zero-order chi connectivity index (χ0) is 54.9. The lowest BCUT2D eigenvalue weighted by atomic mass is 10.0. The molecule has 388 valence electrons. The highest BCUT2D eigenvalue weighted by Gasteiger charge is 2.26. The Bertz CT molecular complexity index is 3770. The Hall–Kier alpha value is -8.20. The number of carbonyl (C=O) groups excluding carboxylic acids is 3. The smallest absolute Gasteiger partial charge is 0.339 e. The second kappa shape index (κ2) is 24.6. The Labute approximate surface area is 468 Å². The largest absolute Gasteiger partial charge is 0.478 e. The summed E-state index contributed by atoms with van der Waals surface area (Å²) < 4.78 is 15.9. The third-order valence-electron chi connectivity index (χ3n) is 10.8. The van der Waals surface area contributed by atoms with Gasteiger partial charge in [0.1, 0.15) is 43.2 Å². The van der Waals surface area contributed by atoms with E-state index in [9.17, 15) is 44.1 Å². The van der Waals surface area contributed by atoms with E-state index in [0.29, 0.717) is 65.0 Å². The third-order valence-corrected chi connectivity index (χ3v) is 14.5. The first-order valence-corrected chi connectivity index (χ1v) is 26.3. The normalized spacial score (nSPS) is 10.6. The van der Waals surface area contributed by atoms with Crippen LogP contribution in [0.25, 0.3) is 44.7 Å². The fourth-order valence-electron chi connectivity index (χ4n) is 7.20. The number of halogens is 4. The van der Waals surface area contributed by atoms with Crippen molar-refractivity contribution in [3.8, 4) is 44.7 Å². The van der Waals surface area contributed by atoms with Crippen LogP contribution in [0.3, 0.4) is 0 Å². The molecule has 0 saturated carbocycles. The summed E-state index contributed by atoms with van der Waals surface area (Å²) in [5.41, 5.74) is 4.52. The van der Waals surface area contributed by atoms with Gasteiger partial charge in [0.25, 0.3) is 17.7 Å². The Kier molecular flexibility index (Phi) is 17.6. The van der Waals surface area contributed by atoms with E-state index in [-0.39, 0.29) is 49.0 Å². The van der Waals surface area contributed by atoms with Crippen LogP contribution in [0.2, 0.25) is 20.1 Å². The number of carboxylic acids is 3. The maximum Gasteiger partial charge on any atom is 0.339 e. The molecule has 0 aliphatic rings. The van der Waals surface area contributed by atoms with E-state index >= 15 is 0 Å². The Morgan fingerprint density at radius 2 is 0.753 bits per heavy atom. The summed E-state index contributed by atoms with van der Waals surface area (Å²) in [7, 11) is 0. The minimum Gasteiger partial charge on any atom is -0.478 e. The molecule has 0 atom stereocenters. The molecule has 0 bridgehead atoms. The number of benzene rings is 4. The van der Waals surface area contributed by atoms with Crippen molar-refractivity contribution >= 4 is 131 Å². The summed E-state index contributed by atoms with van der Waals surface area (Å²) in [5, 5.41) is 44.6. The first-order valence-electron chi connectivity index (χ1n) is 22.2. The number of nitrogens with one attached hydrogen (secondary N) is 3. The molecule has 15 nitrogen and oxygen atoms in total. The molecule has 0 radical (unpaired) electrons. The van der Waals surface area contributed by atoms with Gasteiger partial charge in [-0.2, -0.15) is 0 Å². The van der Waals surface area contributed by atoms with Gasteiger partial charge in [0.15, 0.2) is 17.3 Å². The number of aryl methyl sites for hydroxylation is 1. The summed E-state index contributed by atoms with van der Waals surface area (Å²) in [5.74, 6) is -3.49. The van der Waals surface area contributed by atoms with Crippen molar-refractivity contribution in [3.05, 3.63) is 216 Å². The second-order valence-electron chi connectivity index (χ2n) is 15.9. The molecule has 0 aliphatic heterocycles. The van der Waals surface area contributed by atoms with Crippen LogP contribution in [0.5, 0.6) is 0 Å². The lowest BCUT2D eigenvalue weighted by molar-refractivity contribution is 0.0688. The molecule has 3 amide bonds. The number of thiophene rings is 3. The summed E-state index contributed by atoms with van der Waals surface area (Å²) in [6, 6.07) is 37.0. The standard InChI is InChI=1S/C22H13Cl2NO4S.C17H12ClNO4S.C16H10ClNO4S/c23-14-5-1-12(2-6-14)16-11-30-21(19(16)22(27)28)25-20(26)18-10-9-17(29-18)13-3-7-15(24)8-4-13;1-9-2-7-13(23-9)15(20)19-16-14(17(21)22)12(8-24-16)10-3-5-11(18)6-4-10;17-10-5-3-9(4-6-10)11-8-23-15(13(11)16(20)21)18-14(19)12-2-1-7-22-12/h1-11H,(H,25,26)(H,27,28);2-8H,1H3,(H,19,20)(H,21,22);1-8H,(H,18,19)(H,20,21). The van der Waals surface area contributed by atoms with Gasteiger partial charge in [-0.15, -0.1) is 34.0 Å². The van der Waals surface area contributed by atoms with E-state index in [2.05, 4.69) is 16.0 Å². The number of rotatable bonds is 13. The number of hydrogen-bond donors (Lipinski definition) is 6. The van der Waals surface area contributed by atoms with Crippen LogP contribution >= 0.6 is 80.4 Å². The molecule has 0 spiro atoms. The van der Waals surface area contributed by atoms with Gasteiger partial charge >= 0.3 is 17.9 Å². The number of hydrogen-bond acceptors (Lipinski definition) is 12. The highest BCUT2D eigenvalue weighted by atomic mass is 35.5. The second-order valence-corrected chi connectivity index (χ2v) is 20.3. The van der Waals surface area contributed by atoms with Crippen LogP contribution in [0, 0.1) is 6.92 Å². The van der Waals surface area contributed by atoms with Crippen molar-refractivity contribution in [3.63, 3.8) is 0 Å². The fourth-order valence-corrected chi connectivity index (χ4v) is 10.6. The molecule has 4 aromatic carbocycles. The van der Waals surface area contributed by atoms with Crippen molar-refractivity contribution in [2.75, 3.05) is 16.0 Å². The molecule has 6 N–H and O–H groups in total. The molecule has 6 heterocycles. The zero-order valence-electron chi connectivity index (χ0n) is 39.3. The van der Waals surface area contributed by atoms with Crippen LogP contribution in [0.15, 0.2) is 169 Å². The first-order chi connectivity index (χ1) is 36.9. The van der Waals surface area contributed by atoms with E-state index in [1.807, 2.05) is 0 Å². The van der Waals surface area contributed by atoms with Crippen LogP contribution in [0.4, 0.5) is 15.0 Å². The average molecular weight is 1170 g/mol. The van der Waals surface area contributed by atoms with Crippen LogP contribution in [-0.2, 0) is 0 Å². The number of anilines is 3. The van der Waals surface area contributed by atoms with Gasteiger partial charge in [-0.3, -0.25) is 14.4 Å². The number of carboxylic acid groups (broad SMARTS) is 3. The van der Waals surface area contributed by atoms with Crippen molar-refractivity contribution in [2.45, 2.75) is 6.92 Å². The average Bonchev–Trinajstić information content (AvgIpc) is 4.28. The van der Waals surface area contributed by atoms with Crippen LogP contribution in [-0.4, -0.2) is 50.9 Å². The predicted molar refractivity (Wildman–Crippen MR) is 300 cm³/mol. The summed E-state index contributed by atoms with van der Waals surface area (Å²) in [6.07, 6.45) is 1.38. The van der Waals surface area contributed by atoms with Gasteiger partial charge in [0.2, 0.25) is 0 Å². The summed E-state index contributed by atoms with van der Waals surface area (Å²) in [6.45, 7) is 1.73. The molecule has 0 aliphatic carbocycles. The molecule has 0 fully saturated rings. The number of furan rings is 3. The Morgan fingerprint density at radius 3 is 1.08 bits per heavy atom.